The Morgan fingerprint density at radius 3 is 3.00 bits per heavy atom. The van der Waals surface area contributed by atoms with Gasteiger partial charge in [-0.3, -0.25) is 4.79 Å². The molecule has 2 aromatic heterocycles. The number of hydrogen-bond acceptors (Lipinski definition) is 6. The number of Topliss-reactive ketones (excluding diaryl/α,β-unsaturated/α-hetero) is 1. The van der Waals surface area contributed by atoms with Crippen molar-refractivity contribution in [2.75, 3.05) is 6.61 Å². The van der Waals surface area contributed by atoms with Crippen LogP contribution in [0.2, 0.25) is 0 Å². The molecule has 0 bridgehead atoms. The number of aromatic amines is 1. The van der Waals surface area contributed by atoms with Gasteiger partial charge in [-0.2, -0.15) is 0 Å². The minimum Gasteiger partial charge on any atom is -0.462 e. The second-order valence-electron chi connectivity index (χ2n) is 5.98. The number of esters is 1. The molecule has 0 aliphatic carbocycles. The molecule has 0 amide bonds. The van der Waals surface area contributed by atoms with Crippen molar-refractivity contribution in [2.24, 2.45) is 0 Å². The van der Waals surface area contributed by atoms with Crippen molar-refractivity contribution in [3.8, 4) is 0 Å². The molecule has 7 nitrogen and oxygen atoms in total. The van der Waals surface area contributed by atoms with Gasteiger partial charge in [0.2, 0.25) is 11.7 Å². The van der Waals surface area contributed by atoms with Crippen molar-refractivity contribution in [1.29, 1.82) is 0 Å². The van der Waals surface area contributed by atoms with Gasteiger partial charge in [0.25, 0.3) is 0 Å². The Labute approximate surface area is 168 Å². The predicted octanol–water partition coefficient (Wildman–Crippen LogP) is 3.51. The third kappa shape index (κ3) is 4.19. The lowest BCUT2D eigenvalue weighted by molar-refractivity contribution is -0.139. The second kappa shape index (κ2) is 8.88. The Morgan fingerprint density at radius 2 is 2.28 bits per heavy atom. The minimum atomic E-state index is -0.751. The molecule has 148 valence electrons. The van der Waals surface area contributed by atoms with E-state index >= 15 is 0 Å². The molecule has 3 heterocycles. The van der Waals surface area contributed by atoms with Gasteiger partial charge in [-0.15, -0.1) is 0 Å². The summed E-state index contributed by atoms with van der Waals surface area (Å²) in [5.74, 6) is -1.29. The van der Waals surface area contributed by atoms with E-state index in [0.717, 1.165) is 5.39 Å². The van der Waals surface area contributed by atoms with Gasteiger partial charge < -0.3 is 19.8 Å². The lowest BCUT2D eigenvalue weighted by atomic mass is 10.1. The highest BCUT2D eigenvalue weighted by molar-refractivity contribution is 6.26. The third-order valence-corrected chi connectivity index (χ3v) is 4.09. The summed E-state index contributed by atoms with van der Waals surface area (Å²) in [6, 6.07) is 3.67. The zero-order chi connectivity index (χ0) is 20.8. The summed E-state index contributed by atoms with van der Waals surface area (Å²) >= 11 is 0. The van der Waals surface area contributed by atoms with Gasteiger partial charge >= 0.3 is 5.97 Å². The van der Waals surface area contributed by atoms with Crippen LogP contribution >= 0.6 is 0 Å². The number of ketones is 1. The summed E-state index contributed by atoms with van der Waals surface area (Å²) in [6.07, 6.45) is 11.9. The van der Waals surface area contributed by atoms with E-state index in [-0.39, 0.29) is 23.8 Å². The summed E-state index contributed by atoms with van der Waals surface area (Å²) in [5.41, 5.74) is 1.77. The van der Waals surface area contributed by atoms with Crippen LogP contribution in [0.5, 0.6) is 0 Å². The first-order chi connectivity index (χ1) is 14.1. The molecular weight excluding hydrogens is 370 g/mol. The summed E-state index contributed by atoms with van der Waals surface area (Å²) < 4.78 is 10.8. The molecular formula is C22H21N3O4. The fourth-order valence-corrected chi connectivity index (χ4v) is 2.73. The highest BCUT2D eigenvalue weighted by Crippen LogP contribution is 2.28. The molecule has 29 heavy (non-hydrogen) atoms. The molecule has 3 rings (SSSR count). The third-order valence-electron chi connectivity index (χ3n) is 4.09. The van der Waals surface area contributed by atoms with Crippen molar-refractivity contribution < 1.29 is 19.1 Å². The molecule has 0 aromatic carbocycles. The van der Waals surface area contributed by atoms with Crippen LogP contribution in [0.1, 0.15) is 19.4 Å². The molecule has 1 aliphatic heterocycles. The average Bonchev–Trinajstić information content (AvgIpc) is 3.26. The van der Waals surface area contributed by atoms with E-state index in [2.05, 4.69) is 21.9 Å². The SMILES string of the molecule is C=C/C(=C\C=C/C)NC1=C(C(=O)OCC)C(=O)/C(=C/c2c[nH]c3ncccc23)O1. The summed E-state index contributed by atoms with van der Waals surface area (Å²) in [5, 5.41) is 3.76. The van der Waals surface area contributed by atoms with Crippen LogP contribution in [-0.4, -0.2) is 28.3 Å². The Kier molecular flexibility index (Phi) is 6.09. The van der Waals surface area contributed by atoms with E-state index in [1.807, 2.05) is 19.1 Å². The van der Waals surface area contributed by atoms with E-state index in [9.17, 15) is 9.59 Å². The maximum Gasteiger partial charge on any atom is 0.347 e. The monoisotopic (exact) mass is 391 g/mol. The number of carbonyl (C=O) groups is 2. The first-order valence-corrected chi connectivity index (χ1v) is 9.09. The molecule has 2 aromatic rings. The van der Waals surface area contributed by atoms with Crippen LogP contribution in [0.15, 0.2) is 78.3 Å². The van der Waals surface area contributed by atoms with Gasteiger partial charge in [0.1, 0.15) is 5.65 Å². The molecule has 0 fully saturated rings. The number of hydrogen-bond donors (Lipinski definition) is 2. The van der Waals surface area contributed by atoms with E-state index in [1.165, 1.54) is 0 Å². The normalized spacial score (nSPS) is 16.0. The number of nitrogens with zero attached hydrogens (tertiary/aromatic N) is 1. The van der Waals surface area contributed by atoms with Crippen LogP contribution in [0.25, 0.3) is 17.1 Å². The van der Waals surface area contributed by atoms with Gasteiger partial charge in [0, 0.05) is 29.0 Å². The second-order valence-corrected chi connectivity index (χ2v) is 5.98. The lowest BCUT2D eigenvalue weighted by Gasteiger charge is -2.09. The minimum absolute atomic E-state index is 0.00770. The van der Waals surface area contributed by atoms with Crippen molar-refractivity contribution in [3.05, 3.63) is 83.9 Å². The van der Waals surface area contributed by atoms with Gasteiger partial charge in [-0.1, -0.05) is 18.7 Å². The zero-order valence-corrected chi connectivity index (χ0v) is 16.2. The number of ether oxygens (including phenoxy) is 2. The maximum absolute atomic E-state index is 12.9. The molecule has 1 aliphatic rings. The summed E-state index contributed by atoms with van der Waals surface area (Å²) in [7, 11) is 0. The first kappa shape index (κ1) is 19.9. The molecule has 0 saturated heterocycles. The van der Waals surface area contributed by atoms with E-state index in [4.69, 9.17) is 9.47 Å². The van der Waals surface area contributed by atoms with Crippen LogP contribution in [0, 0.1) is 0 Å². The predicted molar refractivity (Wildman–Crippen MR) is 110 cm³/mol. The zero-order valence-electron chi connectivity index (χ0n) is 16.2. The van der Waals surface area contributed by atoms with E-state index in [0.29, 0.717) is 16.9 Å². The van der Waals surface area contributed by atoms with E-state index < -0.39 is 11.8 Å². The number of pyridine rings is 1. The summed E-state index contributed by atoms with van der Waals surface area (Å²) in [6.45, 7) is 7.40. The number of carbonyl (C=O) groups excluding carboxylic acids is 2. The van der Waals surface area contributed by atoms with Crippen LogP contribution in [0.3, 0.4) is 0 Å². The summed E-state index contributed by atoms with van der Waals surface area (Å²) in [4.78, 5) is 32.5. The number of H-pyrrole nitrogens is 1. The van der Waals surface area contributed by atoms with Crippen molar-refractivity contribution in [3.63, 3.8) is 0 Å². The van der Waals surface area contributed by atoms with Crippen LogP contribution in [-0.2, 0) is 19.1 Å². The Balaban J connectivity index is 1.99. The number of nitrogens with one attached hydrogen (secondary N) is 2. The number of rotatable bonds is 7. The molecule has 2 N–H and O–H groups in total. The molecule has 0 radical (unpaired) electrons. The Bertz CT molecular complexity index is 1090. The average molecular weight is 391 g/mol. The largest absolute Gasteiger partial charge is 0.462 e. The lowest BCUT2D eigenvalue weighted by Crippen LogP contribution is -2.19. The highest BCUT2D eigenvalue weighted by Gasteiger charge is 2.37. The van der Waals surface area contributed by atoms with Crippen molar-refractivity contribution >= 4 is 28.9 Å². The maximum atomic E-state index is 12.9. The standard InChI is InChI=1S/C22H21N3O4/c1-4-7-9-15(5-2)25-21-18(22(27)28-6-3)19(26)17(29-21)12-14-13-24-20-16(14)10-8-11-23-20/h4-5,7-13,25H,2,6H2,1,3H3,(H,23,24)/b7-4-,15-9+,17-12-. The van der Waals surface area contributed by atoms with Crippen LogP contribution in [0.4, 0.5) is 0 Å². The first-order valence-electron chi connectivity index (χ1n) is 9.09. The van der Waals surface area contributed by atoms with Gasteiger partial charge in [0.15, 0.2) is 11.3 Å². The topological polar surface area (TPSA) is 93.3 Å². The van der Waals surface area contributed by atoms with Crippen LogP contribution < -0.4 is 5.32 Å². The molecule has 0 spiro atoms. The molecule has 7 heteroatoms. The van der Waals surface area contributed by atoms with Gasteiger partial charge in [-0.25, -0.2) is 9.78 Å². The molecule has 0 atom stereocenters. The highest BCUT2D eigenvalue weighted by atomic mass is 16.5. The van der Waals surface area contributed by atoms with Gasteiger partial charge in [-0.05, 0) is 44.2 Å². The number of fused-ring (bicyclic) bond motifs is 1. The van der Waals surface area contributed by atoms with Gasteiger partial charge in [0.05, 0.1) is 6.61 Å². The quantitative estimate of drug-likeness (QED) is 0.325. The fraction of sp³-hybridized carbons (Fsp3) is 0.136. The fourth-order valence-electron chi connectivity index (χ4n) is 2.73. The molecule has 0 saturated carbocycles. The Morgan fingerprint density at radius 1 is 1.45 bits per heavy atom. The smallest absolute Gasteiger partial charge is 0.347 e. The van der Waals surface area contributed by atoms with E-state index in [1.54, 1.807) is 49.7 Å². The number of allylic oxidation sites excluding steroid dienone is 5. The van der Waals surface area contributed by atoms with Crippen molar-refractivity contribution in [1.82, 2.24) is 15.3 Å². The molecule has 0 unspecified atom stereocenters. The Hall–Kier alpha value is -3.87. The number of aromatic nitrogens is 2. The van der Waals surface area contributed by atoms with Crippen molar-refractivity contribution in [2.45, 2.75) is 13.8 Å².